The molecule has 2 aliphatic rings. The molecular weight excluding hydrogens is 428 g/mol. The lowest BCUT2D eigenvalue weighted by Crippen LogP contribution is -2.49. The van der Waals surface area contributed by atoms with Crippen LogP contribution in [0.3, 0.4) is 0 Å². The van der Waals surface area contributed by atoms with Gasteiger partial charge in [0.15, 0.2) is 11.0 Å². The van der Waals surface area contributed by atoms with Crippen LogP contribution in [0.2, 0.25) is 0 Å². The predicted octanol–water partition coefficient (Wildman–Crippen LogP) is 4.17. The summed E-state index contributed by atoms with van der Waals surface area (Å²) in [6, 6.07) is 13.9. The number of amides is 2. The number of benzene rings is 2. The van der Waals surface area contributed by atoms with Crippen molar-refractivity contribution in [2.45, 2.75) is 55.4 Å². The molecule has 2 heterocycles. The molecule has 1 saturated heterocycles. The Balaban J connectivity index is 1.45. The Hall–Kier alpha value is -3.13. The molecular formula is C24H24N2O5S. The van der Waals surface area contributed by atoms with Crippen LogP contribution < -0.4 is 10.2 Å². The third-order valence-corrected chi connectivity index (χ3v) is 7.03. The molecule has 2 aromatic carbocycles. The summed E-state index contributed by atoms with van der Waals surface area (Å²) in [5.74, 6) is -1.15. The highest BCUT2D eigenvalue weighted by Gasteiger charge is 2.58. The van der Waals surface area contributed by atoms with Crippen LogP contribution in [-0.2, 0) is 19.1 Å². The Kier molecular flexibility index (Phi) is 6.06. The van der Waals surface area contributed by atoms with Gasteiger partial charge in [-0.2, -0.15) is 0 Å². The minimum atomic E-state index is -1.16. The number of para-hydroxylation sites is 1. The second-order valence-corrected chi connectivity index (χ2v) is 9.19. The summed E-state index contributed by atoms with van der Waals surface area (Å²) >= 11 is 1.31. The first-order valence-electron chi connectivity index (χ1n) is 10.6. The van der Waals surface area contributed by atoms with E-state index in [1.165, 1.54) is 23.6 Å². The Labute approximate surface area is 190 Å². The zero-order valence-corrected chi connectivity index (χ0v) is 18.7. The minimum absolute atomic E-state index is 0.0844. The maximum Gasteiger partial charge on any atom is 0.344 e. The van der Waals surface area contributed by atoms with E-state index in [-0.39, 0.29) is 24.0 Å². The van der Waals surface area contributed by atoms with E-state index in [0.29, 0.717) is 29.8 Å². The fourth-order valence-corrected chi connectivity index (χ4v) is 5.38. The Bertz CT molecular complexity index is 1080. The number of anilines is 2. The van der Waals surface area contributed by atoms with Crippen molar-refractivity contribution in [2.75, 3.05) is 10.2 Å². The van der Waals surface area contributed by atoms with E-state index in [2.05, 4.69) is 5.32 Å². The van der Waals surface area contributed by atoms with Crippen molar-refractivity contribution >= 4 is 46.7 Å². The molecule has 1 fully saturated rings. The number of fused-ring (bicyclic) bond motifs is 3. The molecule has 2 atom stereocenters. The fraction of sp³-hybridized carbons (Fsp3) is 0.333. The molecule has 7 nitrogen and oxygen atoms in total. The van der Waals surface area contributed by atoms with Crippen LogP contribution in [0.15, 0.2) is 53.4 Å². The van der Waals surface area contributed by atoms with Crippen LogP contribution in [-0.4, -0.2) is 34.5 Å². The van der Waals surface area contributed by atoms with Crippen LogP contribution in [0.4, 0.5) is 11.4 Å². The van der Waals surface area contributed by atoms with E-state index in [0.717, 1.165) is 11.3 Å². The zero-order valence-electron chi connectivity index (χ0n) is 17.9. The molecule has 2 amide bonds. The highest BCUT2D eigenvalue weighted by atomic mass is 32.2. The molecule has 166 valence electrons. The van der Waals surface area contributed by atoms with E-state index < -0.39 is 16.9 Å². The number of carbonyl (C=O) groups excluding carboxylic acids is 4. The lowest BCUT2D eigenvalue weighted by Gasteiger charge is -2.29. The highest BCUT2D eigenvalue weighted by Crippen LogP contribution is 2.56. The van der Waals surface area contributed by atoms with E-state index in [4.69, 9.17) is 4.74 Å². The van der Waals surface area contributed by atoms with Crippen molar-refractivity contribution in [3.63, 3.8) is 0 Å². The summed E-state index contributed by atoms with van der Waals surface area (Å²) in [4.78, 5) is 51.5. The largest absolute Gasteiger partial charge is 0.452 e. The van der Waals surface area contributed by atoms with Gasteiger partial charge in [-0.1, -0.05) is 30.8 Å². The molecule has 32 heavy (non-hydrogen) atoms. The first-order valence-corrected chi connectivity index (χ1v) is 11.4. The zero-order chi connectivity index (χ0) is 22.9. The maximum atomic E-state index is 13.2. The Morgan fingerprint density at radius 1 is 1.16 bits per heavy atom. The Morgan fingerprint density at radius 2 is 1.88 bits per heavy atom. The van der Waals surface area contributed by atoms with Gasteiger partial charge in [-0.25, -0.2) is 4.79 Å². The van der Waals surface area contributed by atoms with Crippen LogP contribution in [0, 0.1) is 0 Å². The average molecular weight is 453 g/mol. The SMILES string of the molecule is CCCC(=O)Nc1ccc(C(=O)[C@H](C)OC(=O)[C@]23CCC(=O)N2c2ccccc2S3)cc1. The van der Waals surface area contributed by atoms with Crippen LogP contribution in [0.1, 0.15) is 49.9 Å². The Morgan fingerprint density at radius 3 is 2.59 bits per heavy atom. The monoisotopic (exact) mass is 452 g/mol. The van der Waals surface area contributed by atoms with Crippen molar-refractivity contribution in [3.8, 4) is 0 Å². The molecule has 0 radical (unpaired) electrons. The van der Waals surface area contributed by atoms with Gasteiger partial charge in [0.2, 0.25) is 17.6 Å². The standard InChI is InChI=1S/C24H24N2O5S/c1-3-6-20(27)25-17-11-9-16(10-12-17)22(29)15(2)31-23(30)24-14-13-21(28)26(24)18-7-4-5-8-19(18)32-24/h4-5,7-12,15H,3,6,13-14H2,1-2H3,(H,25,27)/t15-,24+/m0/s1. The highest BCUT2D eigenvalue weighted by molar-refractivity contribution is 8.02. The van der Waals surface area contributed by atoms with E-state index in [1.807, 2.05) is 31.2 Å². The summed E-state index contributed by atoms with van der Waals surface area (Å²) in [5, 5.41) is 2.77. The molecule has 8 heteroatoms. The summed E-state index contributed by atoms with van der Waals surface area (Å²) in [6.45, 7) is 3.45. The quantitative estimate of drug-likeness (QED) is 0.501. The molecule has 2 aromatic rings. The first kappa shape index (κ1) is 22.1. The molecule has 0 aliphatic carbocycles. The summed E-state index contributed by atoms with van der Waals surface area (Å²) in [7, 11) is 0. The fourth-order valence-electron chi connectivity index (χ4n) is 3.98. The van der Waals surface area contributed by atoms with Gasteiger partial charge in [0.25, 0.3) is 0 Å². The number of hydrogen-bond donors (Lipinski definition) is 1. The van der Waals surface area contributed by atoms with Crippen molar-refractivity contribution in [2.24, 2.45) is 0 Å². The molecule has 0 aromatic heterocycles. The molecule has 0 saturated carbocycles. The second-order valence-electron chi connectivity index (χ2n) is 7.87. The number of esters is 1. The van der Waals surface area contributed by atoms with Crippen molar-refractivity contribution in [1.29, 1.82) is 0 Å². The second kappa shape index (κ2) is 8.78. The van der Waals surface area contributed by atoms with Crippen molar-refractivity contribution in [1.82, 2.24) is 0 Å². The van der Waals surface area contributed by atoms with Gasteiger partial charge >= 0.3 is 5.97 Å². The molecule has 0 unspecified atom stereocenters. The summed E-state index contributed by atoms with van der Waals surface area (Å²) < 4.78 is 5.59. The third kappa shape index (κ3) is 3.90. The lowest BCUT2D eigenvalue weighted by atomic mass is 10.1. The van der Waals surface area contributed by atoms with Gasteiger partial charge in [0.05, 0.1) is 5.69 Å². The first-order chi connectivity index (χ1) is 15.4. The van der Waals surface area contributed by atoms with Crippen molar-refractivity contribution < 1.29 is 23.9 Å². The normalized spacial score (nSPS) is 19.8. The number of ether oxygens (including phenoxy) is 1. The van der Waals surface area contributed by atoms with Crippen LogP contribution in [0.5, 0.6) is 0 Å². The number of Topliss-reactive ketones (excluding diaryl/α,β-unsaturated/α-hetero) is 1. The molecule has 4 rings (SSSR count). The average Bonchev–Trinajstić information content (AvgIpc) is 3.29. The third-order valence-electron chi connectivity index (χ3n) is 5.58. The number of nitrogens with one attached hydrogen (secondary N) is 1. The molecule has 0 bridgehead atoms. The van der Waals surface area contributed by atoms with Gasteiger partial charge < -0.3 is 10.1 Å². The lowest BCUT2D eigenvalue weighted by molar-refractivity contribution is -0.149. The number of hydrogen-bond acceptors (Lipinski definition) is 6. The number of rotatable bonds is 7. The number of carbonyl (C=O) groups is 4. The van der Waals surface area contributed by atoms with E-state index in [9.17, 15) is 19.2 Å². The van der Waals surface area contributed by atoms with Crippen LogP contribution in [0.25, 0.3) is 0 Å². The van der Waals surface area contributed by atoms with Gasteiger partial charge in [-0.05, 0) is 49.7 Å². The van der Waals surface area contributed by atoms with Gasteiger partial charge in [0, 0.05) is 35.4 Å². The number of nitrogens with zero attached hydrogens (tertiary/aromatic N) is 1. The maximum absolute atomic E-state index is 13.2. The van der Waals surface area contributed by atoms with Gasteiger partial charge in [-0.3, -0.25) is 19.3 Å². The minimum Gasteiger partial charge on any atom is -0.452 e. The predicted molar refractivity (Wildman–Crippen MR) is 122 cm³/mol. The number of thioether (sulfide) groups is 1. The van der Waals surface area contributed by atoms with E-state index in [1.54, 1.807) is 24.3 Å². The summed E-state index contributed by atoms with van der Waals surface area (Å²) in [5.41, 5.74) is 1.68. The number of ketones is 1. The molecule has 2 aliphatic heterocycles. The molecule has 1 N–H and O–H groups in total. The van der Waals surface area contributed by atoms with Crippen LogP contribution >= 0.6 is 11.8 Å². The van der Waals surface area contributed by atoms with Gasteiger partial charge in [-0.15, -0.1) is 0 Å². The summed E-state index contributed by atoms with van der Waals surface area (Å²) in [6.07, 6.45) is 0.746. The molecule has 0 spiro atoms. The van der Waals surface area contributed by atoms with Crippen molar-refractivity contribution in [3.05, 3.63) is 54.1 Å². The smallest absolute Gasteiger partial charge is 0.344 e. The van der Waals surface area contributed by atoms with E-state index >= 15 is 0 Å². The van der Waals surface area contributed by atoms with Gasteiger partial charge in [0.1, 0.15) is 0 Å². The topological polar surface area (TPSA) is 92.8 Å².